The van der Waals surface area contributed by atoms with Crippen molar-refractivity contribution in [3.8, 4) is 0 Å². The Kier molecular flexibility index (Phi) is 4.58. The Morgan fingerprint density at radius 1 is 1.25 bits per heavy atom. The molecule has 0 amide bonds. The molecule has 0 bridgehead atoms. The van der Waals surface area contributed by atoms with E-state index in [1.165, 1.54) is 18.5 Å². The van der Waals surface area contributed by atoms with Gasteiger partial charge in [-0.05, 0) is 65.2 Å². The molecule has 1 aromatic rings. The third kappa shape index (κ3) is 3.43. The number of ketones is 1. The molecule has 110 valence electrons. The van der Waals surface area contributed by atoms with Gasteiger partial charge in [0.2, 0.25) is 0 Å². The van der Waals surface area contributed by atoms with Crippen LogP contribution in [0.2, 0.25) is 0 Å². The molecule has 2 rings (SSSR count). The van der Waals surface area contributed by atoms with Gasteiger partial charge in [0.15, 0.2) is 5.78 Å². The molecule has 0 spiro atoms. The molecule has 0 saturated carbocycles. The minimum Gasteiger partial charge on any atom is -0.371 e. The highest BCUT2D eigenvalue weighted by Crippen LogP contribution is 2.36. The van der Waals surface area contributed by atoms with Crippen LogP contribution < -0.4 is 4.90 Å². The molecule has 0 atom stereocenters. The number of carbonyl (C=O) groups excluding carboxylic acids is 1. The van der Waals surface area contributed by atoms with Crippen molar-refractivity contribution in [2.24, 2.45) is 11.3 Å². The molecule has 20 heavy (non-hydrogen) atoms. The molecule has 0 radical (unpaired) electrons. The number of rotatable bonds is 2. The van der Waals surface area contributed by atoms with Crippen LogP contribution in [0.15, 0.2) is 22.7 Å². The Bertz CT molecular complexity index is 496. The van der Waals surface area contributed by atoms with Crippen molar-refractivity contribution in [3.63, 3.8) is 0 Å². The van der Waals surface area contributed by atoms with E-state index in [0.717, 1.165) is 29.0 Å². The van der Waals surface area contributed by atoms with Gasteiger partial charge in [-0.1, -0.05) is 20.8 Å². The van der Waals surface area contributed by atoms with E-state index in [1.54, 1.807) is 6.92 Å². The summed E-state index contributed by atoms with van der Waals surface area (Å²) < 4.78 is 0.903. The van der Waals surface area contributed by atoms with Crippen LogP contribution >= 0.6 is 15.9 Å². The molecule has 1 heterocycles. The van der Waals surface area contributed by atoms with Gasteiger partial charge in [0.05, 0.1) is 0 Å². The Morgan fingerprint density at radius 3 is 2.30 bits per heavy atom. The Labute approximate surface area is 130 Å². The number of benzene rings is 1. The van der Waals surface area contributed by atoms with E-state index in [1.807, 2.05) is 6.07 Å². The summed E-state index contributed by atoms with van der Waals surface area (Å²) in [4.78, 5) is 13.9. The molecule has 2 nitrogen and oxygen atoms in total. The smallest absolute Gasteiger partial charge is 0.160 e. The van der Waals surface area contributed by atoms with Crippen molar-refractivity contribution in [3.05, 3.63) is 28.2 Å². The monoisotopic (exact) mass is 337 g/mol. The number of Topliss-reactive ketones (excluding diaryl/α,β-unsaturated/α-hetero) is 1. The third-order valence-corrected chi connectivity index (χ3v) is 5.07. The van der Waals surface area contributed by atoms with Crippen LogP contribution in [0.25, 0.3) is 0 Å². The number of hydrogen-bond acceptors (Lipinski definition) is 2. The lowest BCUT2D eigenvalue weighted by atomic mass is 9.75. The van der Waals surface area contributed by atoms with Crippen molar-refractivity contribution in [2.75, 3.05) is 18.0 Å². The van der Waals surface area contributed by atoms with Gasteiger partial charge < -0.3 is 4.90 Å². The lowest BCUT2D eigenvalue weighted by molar-refractivity contribution is 0.101. The van der Waals surface area contributed by atoms with Crippen LogP contribution in [0.5, 0.6) is 0 Å². The molecule has 1 aliphatic rings. The van der Waals surface area contributed by atoms with Crippen LogP contribution in [0.1, 0.15) is 50.9 Å². The van der Waals surface area contributed by atoms with E-state index >= 15 is 0 Å². The van der Waals surface area contributed by atoms with Gasteiger partial charge in [-0.2, -0.15) is 0 Å². The van der Waals surface area contributed by atoms with E-state index in [2.05, 4.69) is 53.7 Å². The van der Waals surface area contributed by atoms with E-state index in [4.69, 9.17) is 0 Å². The second-order valence-corrected chi connectivity index (χ2v) is 7.70. The Hall–Kier alpha value is -0.830. The van der Waals surface area contributed by atoms with Gasteiger partial charge in [0.25, 0.3) is 0 Å². The minimum absolute atomic E-state index is 0.106. The summed E-state index contributed by atoms with van der Waals surface area (Å²) in [6.07, 6.45) is 2.49. The maximum atomic E-state index is 11.5. The lowest BCUT2D eigenvalue weighted by Gasteiger charge is -2.39. The van der Waals surface area contributed by atoms with Gasteiger partial charge in [0.1, 0.15) is 0 Å². The van der Waals surface area contributed by atoms with Gasteiger partial charge in [-0.25, -0.2) is 0 Å². The molecule has 0 unspecified atom stereocenters. The summed E-state index contributed by atoms with van der Waals surface area (Å²) in [5.41, 5.74) is 2.39. The first kappa shape index (κ1) is 15.6. The molecule has 0 N–H and O–H groups in total. The van der Waals surface area contributed by atoms with Crippen LogP contribution in [-0.2, 0) is 0 Å². The molecule has 1 aliphatic heterocycles. The van der Waals surface area contributed by atoms with Crippen molar-refractivity contribution < 1.29 is 4.79 Å². The zero-order valence-electron chi connectivity index (χ0n) is 12.9. The average Bonchev–Trinajstić information content (AvgIpc) is 2.37. The van der Waals surface area contributed by atoms with Crippen LogP contribution in [0, 0.1) is 11.3 Å². The predicted molar refractivity (Wildman–Crippen MR) is 88.5 cm³/mol. The summed E-state index contributed by atoms with van der Waals surface area (Å²) in [7, 11) is 0. The van der Waals surface area contributed by atoms with Gasteiger partial charge >= 0.3 is 0 Å². The maximum Gasteiger partial charge on any atom is 0.160 e. The van der Waals surface area contributed by atoms with E-state index < -0.39 is 0 Å². The molecule has 1 saturated heterocycles. The zero-order chi connectivity index (χ0) is 14.9. The lowest BCUT2D eigenvalue weighted by Crippen LogP contribution is -2.38. The fourth-order valence-corrected chi connectivity index (χ4v) is 3.64. The molecule has 0 aromatic heterocycles. The standard InChI is InChI=1S/C17H24BrNO/c1-12(20)15-6-5-14(11-16(15)18)19-9-7-13(8-10-19)17(2,3)4/h5-6,11,13H,7-10H2,1-4H3. The van der Waals surface area contributed by atoms with E-state index in [-0.39, 0.29) is 5.78 Å². The minimum atomic E-state index is 0.106. The Balaban J connectivity index is 2.08. The van der Waals surface area contributed by atoms with Crippen molar-refractivity contribution in [2.45, 2.75) is 40.5 Å². The molecular formula is C17H24BrNO. The molecule has 1 fully saturated rings. The second-order valence-electron chi connectivity index (χ2n) is 6.85. The van der Waals surface area contributed by atoms with Crippen molar-refractivity contribution in [1.82, 2.24) is 0 Å². The third-order valence-electron chi connectivity index (χ3n) is 4.42. The van der Waals surface area contributed by atoms with Gasteiger partial charge in [-0.3, -0.25) is 4.79 Å². The predicted octanol–water partition coefficient (Wildman–Crippen LogP) is 4.91. The summed E-state index contributed by atoms with van der Waals surface area (Å²) in [5, 5.41) is 0. The van der Waals surface area contributed by atoms with Crippen LogP contribution in [0.3, 0.4) is 0 Å². The zero-order valence-corrected chi connectivity index (χ0v) is 14.5. The number of anilines is 1. The first-order valence-electron chi connectivity index (χ1n) is 7.34. The average molecular weight is 338 g/mol. The SMILES string of the molecule is CC(=O)c1ccc(N2CCC(C(C)(C)C)CC2)cc1Br. The number of nitrogens with zero attached hydrogens (tertiary/aromatic N) is 1. The van der Waals surface area contributed by atoms with Crippen molar-refractivity contribution in [1.29, 1.82) is 0 Å². The largest absolute Gasteiger partial charge is 0.371 e. The van der Waals surface area contributed by atoms with Crippen molar-refractivity contribution >= 4 is 27.4 Å². The van der Waals surface area contributed by atoms with Gasteiger partial charge in [0, 0.05) is 28.8 Å². The normalized spacial score (nSPS) is 17.4. The highest BCUT2D eigenvalue weighted by atomic mass is 79.9. The summed E-state index contributed by atoms with van der Waals surface area (Å²) in [6.45, 7) is 10.8. The number of halogens is 1. The van der Waals surface area contributed by atoms with Crippen LogP contribution in [0.4, 0.5) is 5.69 Å². The first-order valence-corrected chi connectivity index (χ1v) is 8.14. The van der Waals surface area contributed by atoms with Gasteiger partial charge in [-0.15, -0.1) is 0 Å². The fourth-order valence-electron chi connectivity index (χ4n) is 2.99. The fraction of sp³-hybridized carbons (Fsp3) is 0.588. The molecule has 1 aromatic carbocycles. The summed E-state index contributed by atoms with van der Waals surface area (Å²) in [5.74, 6) is 0.911. The highest BCUT2D eigenvalue weighted by Gasteiger charge is 2.28. The summed E-state index contributed by atoms with van der Waals surface area (Å²) in [6, 6.07) is 6.07. The molecule has 3 heteroatoms. The maximum absolute atomic E-state index is 11.5. The number of carbonyl (C=O) groups is 1. The second kappa shape index (κ2) is 5.88. The number of piperidine rings is 1. The molecular weight excluding hydrogens is 314 g/mol. The molecule has 0 aliphatic carbocycles. The topological polar surface area (TPSA) is 20.3 Å². The highest BCUT2D eigenvalue weighted by molar-refractivity contribution is 9.10. The van der Waals surface area contributed by atoms with Crippen LogP contribution in [-0.4, -0.2) is 18.9 Å². The Morgan fingerprint density at radius 2 is 1.85 bits per heavy atom. The van der Waals surface area contributed by atoms with E-state index in [9.17, 15) is 4.79 Å². The first-order chi connectivity index (χ1) is 9.29. The number of hydrogen-bond donors (Lipinski definition) is 0. The summed E-state index contributed by atoms with van der Waals surface area (Å²) >= 11 is 3.51. The van der Waals surface area contributed by atoms with E-state index in [0.29, 0.717) is 5.41 Å². The quantitative estimate of drug-likeness (QED) is 0.714.